The third-order valence-electron chi connectivity index (χ3n) is 4.10. The predicted molar refractivity (Wildman–Crippen MR) is 95.2 cm³/mol. The third kappa shape index (κ3) is 5.09. The zero-order valence-corrected chi connectivity index (χ0v) is 15.8. The van der Waals surface area contributed by atoms with Gasteiger partial charge in [0.2, 0.25) is 5.88 Å². The predicted octanol–water partition coefficient (Wildman–Crippen LogP) is 5.70. The van der Waals surface area contributed by atoms with E-state index < -0.39 is 41.7 Å². The fraction of sp³-hybridized carbons (Fsp3) is 0.200. The summed E-state index contributed by atoms with van der Waals surface area (Å²) in [5, 5.41) is 12.2. The highest BCUT2D eigenvalue weighted by Crippen LogP contribution is 2.38. The number of hydrogen-bond acceptors (Lipinski definition) is 4. The normalized spacial score (nSPS) is 11.8. The average Bonchev–Trinajstić information content (AvgIpc) is 3.02. The zero-order chi connectivity index (χ0) is 22.8. The number of ether oxygens (including phenoxy) is 2. The van der Waals surface area contributed by atoms with Crippen molar-refractivity contribution in [3.63, 3.8) is 0 Å². The van der Waals surface area contributed by atoms with Crippen LogP contribution in [0.1, 0.15) is 22.4 Å². The van der Waals surface area contributed by atoms with E-state index in [1.165, 1.54) is 37.4 Å². The number of rotatable bonds is 5. The molecule has 1 heterocycles. The van der Waals surface area contributed by atoms with Gasteiger partial charge in [0.25, 0.3) is 0 Å². The number of nitrogens with zero attached hydrogens (tertiary/aromatic N) is 3. The van der Waals surface area contributed by atoms with Crippen LogP contribution in [0.15, 0.2) is 48.5 Å². The van der Waals surface area contributed by atoms with Gasteiger partial charge in [0.15, 0.2) is 5.69 Å². The molecule has 0 aliphatic rings. The molecule has 31 heavy (non-hydrogen) atoms. The minimum Gasteiger partial charge on any atom is -0.489 e. The number of nitriles is 1. The van der Waals surface area contributed by atoms with Gasteiger partial charge in [-0.2, -0.15) is 36.7 Å². The second kappa shape index (κ2) is 8.22. The highest BCUT2D eigenvalue weighted by atomic mass is 19.4. The van der Waals surface area contributed by atoms with Crippen LogP contribution in [0, 0.1) is 11.3 Å². The monoisotopic (exact) mass is 441 g/mol. The van der Waals surface area contributed by atoms with Crippen molar-refractivity contribution in [3.05, 3.63) is 70.9 Å². The van der Waals surface area contributed by atoms with E-state index in [2.05, 4.69) is 5.10 Å². The molecule has 0 atom stereocenters. The Labute approximate surface area is 172 Å². The van der Waals surface area contributed by atoms with Gasteiger partial charge in [-0.15, -0.1) is 0 Å². The Morgan fingerprint density at radius 3 is 2.23 bits per heavy atom. The Hall–Kier alpha value is -3.68. The topological polar surface area (TPSA) is 60.1 Å². The van der Waals surface area contributed by atoms with E-state index in [0.717, 1.165) is 16.8 Å². The summed E-state index contributed by atoms with van der Waals surface area (Å²) in [5.41, 5.74) is -2.46. The largest absolute Gasteiger partial charge is 0.489 e. The van der Waals surface area contributed by atoms with Crippen LogP contribution in [0.2, 0.25) is 0 Å². The minimum atomic E-state index is -4.85. The lowest BCUT2D eigenvalue weighted by atomic mass is 10.2. The standard InChI is InChI=1S/C20H13F6N3O2/c1-29-18(31-15-4-2-3-13(9-15)19(21,22)23)16(17(28-29)20(24,25)26)11-30-14-7-5-12(10-27)6-8-14/h2-9H,11H2,1H3. The number of alkyl halides is 6. The number of benzene rings is 2. The summed E-state index contributed by atoms with van der Waals surface area (Å²) >= 11 is 0. The molecule has 5 nitrogen and oxygen atoms in total. The van der Waals surface area contributed by atoms with E-state index in [-0.39, 0.29) is 11.5 Å². The Balaban J connectivity index is 1.94. The van der Waals surface area contributed by atoms with E-state index >= 15 is 0 Å². The SMILES string of the molecule is Cn1nc(C(F)(F)F)c(COc2ccc(C#N)cc2)c1Oc1cccc(C(F)(F)F)c1. The van der Waals surface area contributed by atoms with Gasteiger partial charge in [0.05, 0.1) is 22.8 Å². The first-order chi connectivity index (χ1) is 14.5. The fourth-order valence-electron chi connectivity index (χ4n) is 2.67. The summed E-state index contributed by atoms with van der Waals surface area (Å²) in [6.45, 7) is -0.622. The van der Waals surface area contributed by atoms with Crippen molar-refractivity contribution in [2.45, 2.75) is 19.0 Å². The van der Waals surface area contributed by atoms with Gasteiger partial charge in [0, 0.05) is 7.05 Å². The van der Waals surface area contributed by atoms with Crippen LogP contribution in [0.5, 0.6) is 17.4 Å². The molecule has 0 spiro atoms. The van der Waals surface area contributed by atoms with Crippen LogP contribution in [0.4, 0.5) is 26.3 Å². The van der Waals surface area contributed by atoms with E-state index in [9.17, 15) is 26.3 Å². The molecule has 0 saturated heterocycles. The number of aromatic nitrogens is 2. The smallest absolute Gasteiger partial charge is 0.435 e. The molecular formula is C20H13F6N3O2. The molecule has 0 aliphatic carbocycles. The Morgan fingerprint density at radius 1 is 0.968 bits per heavy atom. The minimum absolute atomic E-state index is 0.181. The van der Waals surface area contributed by atoms with Crippen LogP contribution in [-0.2, 0) is 26.0 Å². The first-order valence-corrected chi connectivity index (χ1v) is 8.60. The number of hydrogen-bond donors (Lipinski definition) is 0. The van der Waals surface area contributed by atoms with Crippen molar-refractivity contribution in [1.82, 2.24) is 9.78 Å². The summed E-state index contributed by atoms with van der Waals surface area (Å²) in [7, 11) is 1.17. The number of aryl methyl sites for hydroxylation is 1. The van der Waals surface area contributed by atoms with Gasteiger partial charge in [-0.3, -0.25) is 0 Å². The van der Waals surface area contributed by atoms with E-state index in [1.807, 2.05) is 6.07 Å². The molecule has 162 valence electrons. The molecule has 11 heteroatoms. The van der Waals surface area contributed by atoms with Gasteiger partial charge < -0.3 is 9.47 Å². The lowest BCUT2D eigenvalue weighted by molar-refractivity contribution is -0.142. The molecular weight excluding hydrogens is 428 g/mol. The van der Waals surface area contributed by atoms with Gasteiger partial charge in [-0.05, 0) is 42.5 Å². The van der Waals surface area contributed by atoms with Crippen LogP contribution in [0.3, 0.4) is 0 Å². The molecule has 0 amide bonds. The second-order valence-corrected chi connectivity index (χ2v) is 6.31. The van der Waals surface area contributed by atoms with Crippen LogP contribution < -0.4 is 9.47 Å². The molecule has 0 unspecified atom stereocenters. The summed E-state index contributed by atoms with van der Waals surface area (Å²) in [6, 6.07) is 11.3. The van der Waals surface area contributed by atoms with Crippen molar-refractivity contribution in [3.8, 4) is 23.4 Å². The summed E-state index contributed by atoms with van der Waals surface area (Å²) in [4.78, 5) is 0. The Bertz CT molecular complexity index is 1110. The number of halogens is 6. The van der Waals surface area contributed by atoms with Crippen molar-refractivity contribution in [2.24, 2.45) is 7.05 Å². The van der Waals surface area contributed by atoms with Crippen molar-refractivity contribution in [1.29, 1.82) is 5.26 Å². The Morgan fingerprint density at radius 2 is 1.65 bits per heavy atom. The maximum absolute atomic E-state index is 13.5. The molecule has 0 saturated carbocycles. The lowest BCUT2D eigenvalue weighted by Gasteiger charge is -2.13. The van der Waals surface area contributed by atoms with Gasteiger partial charge in [-0.1, -0.05) is 6.07 Å². The van der Waals surface area contributed by atoms with Crippen LogP contribution >= 0.6 is 0 Å². The van der Waals surface area contributed by atoms with Gasteiger partial charge in [-0.25, -0.2) is 4.68 Å². The molecule has 1 aromatic heterocycles. The maximum atomic E-state index is 13.5. The van der Waals surface area contributed by atoms with E-state index in [0.29, 0.717) is 11.6 Å². The first kappa shape index (κ1) is 22.0. The third-order valence-corrected chi connectivity index (χ3v) is 4.10. The lowest BCUT2D eigenvalue weighted by Crippen LogP contribution is -2.11. The van der Waals surface area contributed by atoms with Gasteiger partial charge >= 0.3 is 12.4 Å². The molecule has 0 bridgehead atoms. The molecule has 0 N–H and O–H groups in total. The molecule has 0 radical (unpaired) electrons. The summed E-state index contributed by atoms with van der Waals surface area (Å²) in [5.74, 6) is -0.549. The molecule has 0 aliphatic heterocycles. The second-order valence-electron chi connectivity index (χ2n) is 6.31. The summed E-state index contributed by atoms with van der Waals surface area (Å²) < 4.78 is 90.6. The highest BCUT2D eigenvalue weighted by Gasteiger charge is 2.40. The quantitative estimate of drug-likeness (QED) is 0.477. The summed E-state index contributed by atoms with van der Waals surface area (Å²) in [6.07, 6.45) is -9.50. The van der Waals surface area contributed by atoms with Crippen molar-refractivity contribution < 1.29 is 35.8 Å². The van der Waals surface area contributed by atoms with Crippen molar-refractivity contribution in [2.75, 3.05) is 0 Å². The Kier molecular flexibility index (Phi) is 5.83. The van der Waals surface area contributed by atoms with Crippen LogP contribution in [-0.4, -0.2) is 9.78 Å². The molecule has 3 aromatic rings. The fourth-order valence-corrected chi connectivity index (χ4v) is 2.67. The average molecular weight is 441 g/mol. The maximum Gasteiger partial charge on any atom is 0.435 e. The molecule has 0 fully saturated rings. The van der Waals surface area contributed by atoms with E-state index in [1.54, 1.807) is 0 Å². The molecule has 2 aromatic carbocycles. The molecule has 3 rings (SSSR count). The van der Waals surface area contributed by atoms with E-state index in [4.69, 9.17) is 14.7 Å². The van der Waals surface area contributed by atoms with Crippen molar-refractivity contribution >= 4 is 0 Å². The zero-order valence-electron chi connectivity index (χ0n) is 15.8. The first-order valence-electron chi connectivity index (χ1n) is 8.60. The van der Waals surface area contributed by atoms with Crippen LogP contribution in [0.25, 0.3) is 0 Å². The highest BCUT2D eigenvalue weighted by molar-refractivity contribution is 5.40. The van der Waals surface area contributed by atoms with Gasteiger partial charge in [0.1, 0.15) is 18.1 Å².